The summed E-state index contributed by atoms with van der Waals surface area (Å²) in [5, 5.41) is 0. The van der Waals surface area contributed by atoms with Crippen molar-refractivity contribution in [2.45, 2.75) is 96.8 Å². The van der Waals surface area contributed by atoms with Crippen LogP contribution in [0.15, 0.2) is 11.6 Å². The zero-order chi connectivity index (χ0) is 13.8. The topological polar surface area (TPSA) is 17.1 Å². The van der Waals surface area contributed by atoms with Gasteiger partial charge in [-0.1, -0.05) is 69.4 Å². The number of carbonyl (C=O) groups excluding carboxylic acids is 1. The van der Waals surface area contributed by atoms with Gasteiger partial charge >= 0.3 is 0 Å². The van der Waals surface area contributed by atoms with E-state index in [4.69, 9.17) is 0 Å². The van der Waals surface area contributed by atoms with E-state index in [0.717, 1.165) is 12.8 Å². The van der Waals surface area contributed by atoms with Crippen LogP contribution < -0.4 is 0 Å². The molecule has 0 aromatic carbocycles. The molecule has 1 heteroatoms. The van der Waals surface area contributed by atoms with Crippen molar-refractivity contribution in [1.29, 1.82) is 0 Å². The van der Waals surface area contributed by atoms with Crippen LogP contribution in [-0.4, -0.2) is 5.78 Å². The molecule has 19 heavy (non-hydrogen) atoms. The maximum atomic E-state index is 11.8. The highest BCUT2D eigenvalue weighted by molar-refractivity contribution is 5.80. The molecule has 0 radical (unpaired) electrons. The molecule has 1 aliphatic rings. The lowest BCUT2D eigenvalue weighted by atomic mass is 10.0. The summed E-state index contributed by atoms with van der Waals surface area (Å²) in [6.45, 7) is 2.12. The van der Waals surface area contributed by atoms with Crippen molar-refractivity contribution in [2.24, 2.45) is 0 Å². The zero-order valence-electron chi connectivity index (χ0n) is 12.9. The average molecular weight is 264 g/mol. The Bertz CT molecular complexity index is 265. The Balaban J connectivity index is 2.29. The highest BCUT2D eigenvalue weighted by atomic mass is 16.1. The molecule has 1 rings (SSSR count). The van der Waals surface area contributed by atoms with Crippen molar-refractivity contribution in [2.75, 3.05) is 0 Å². The van der Waals surface area contributed by atoms with Crippen molar-refractivity contribution in [3.8, 4) is 0 Å². The van der Waals surface area contributed by atoms with Crippen molar-refractivity contribution >= 4 is 5.78 Å². The molecular formula is C18H32O. The van der Waals surface area contributed by atoms with Gasteiger partial charge in [0, 0.05) is 12.8 Å². The quantitative estimate of drug-likeness (QED) is 0.492. The maximum absolute atomic E-state index is 11.8. The summed E-state index contributed by atoms with van der Waals surface area (Å²) in [6.07, 6.45) is 19.7. The first kappa shape index (κ1) is 16.5. The first-order chi connectivity index (χ1) is 9.29. The van der Waals surface area contributed by atoms with Gasteiger partial charge in [0.2, 0.25) is 0 Å². The second-order valence-electron chi connectivity index (χ2n) is 6.19. The molecule has 0 atom stereocenters. The van der Waals surface area contributed by atoms with E-state index in [-0.39, 0.29) is 0 Å². The van der Waals surface area contributed by atoms with Gasteiger partial charge < -0.3 is 0 Å². The van der Waals surface area contributed by atoms with E-state index in [0.29, 0.717) is 12.2 Å². The zero-order valence-corrected chi connectivity index (χ0v) is 12.9. The molecule has 0 saturated heterocycles. The standard InChI is InChI=1S/C18H32O/c1-17-14-12-10-8-6-4-2-3-5-7-9-11-13-15-18(19)16-17/h14H,2-13,15-16H2,1H3. The SMILES string of the molecule is CC1=CCCCCCCCCCCCCCC(=O)C1. The summed E-state index contributed by atoms with van der Waals surface area (Å²) in [7, 11) is 0. The molecule has 0 fully saturated rings. The molecular weight excluding hydrogens is 232 g/mol. The number of hydrogen-bond acceptors (Lipinski definition) is 1. The van der Waals surface area contributed by atoms with Gasteiger partial charge in [-0.2, -0.15) is 0 Å². The molecule has 110 valence electrons. The average Bonchev–Trinajstić information content (AvgIpc) is 2.38. The first-order valence-electron chi connectivity index (χ1n) is 8.46. The summed E-state index contributed by atoms with van der Waals surface area (Å²) in [5.74, 6) is 0.443. The molecule has 1 nitrogen and oxygen atoms in total. The monoisotopic (exact) mass is 264 g/mol. The molecule has 0 spiro atoms. The maximum Gasteiger partial charge on any atom is 0.136 e. The lowest BCUT2D eigenvalue weighted by molar-refractivity contribution is -0.118. The minimum absolute atomic E-state index is 0.443. The van der Waals surface area contributed by atoms with Crippen LogP contribution in [0.5, 0.6) is 0 Å². The van der Waals surface area contributed by atoms with Crippen LogP contribution in [0.25, 0.3) is 0 Å². The number of carbonyl (C=O) groups is 1. The minimum atomic E-state index is 0.443. The number of allylic oxidation sites excluding steroid dienone is 2. The fourth-order valence-electron chi connectivity index (χ4n) is 2.88. The Morgan fingerprint density at radius 1 is 0.737 bits per heavy atom. The Labute approximate surface area is 119 Å². The van der Waals surface area contributed by atoms with Crippen molar-refractivity contribution in [1.82, 2.24) is 0 Å². The molecule has 0 N–H and O–H groups in total. The van der Waals surface area contributed by atoms with E-state index in [1.807, 2.05) is 0 Å². The lowest BCUT2D eigenvalue weighted by Crippen LogP contribution is -1.98. The predicted molar refractivity (Wildman–Crippen MR) is 83.4 cm³/mol. The molecule has 0 aliphatic heterocycles. The third kappa shape index (κ3) is 9.92. The van der Waals surface area contributed by atoms with Crippen LogP contribution in [-0.2, 0) is 4.79 Å². The van der Waals surface area contributed by atoms with Gasteiger partial charge in [0.15, 0.2) is 0 Å². The highest BCUT2D eigenvalue weighted by Gasteiger charge is 2.03. The molecule has 1 aliphatic carbocycles. The van der Waals surface area contributed by atoms with Crippen LogP contribution in [0.4, 0.5) is 0 Å². The van der Waals surface area contributed by atoms with Crippen molar-refractivity contribution < 1.29 is 4.79 Å². The molecule has 0 unspecified atom stereocenters. The largest absolute Gasteiger partial charge is 0.299 e. The van der Waals surface area contributed by atoms with Crippen molar-refractivity contribution in [3.05, 3.63) is 11.6 Å². The summed E-state index contributed by atoms with van der Waals surface area (Å²) >= 11 is 0. The summed E-state index contributed by atoms with van der Waals surface area (Å²) in [5.41, 5.74) is 1.29. The summed E-state index contributed by atoms with van der Waals surface area (Å²) in [6, 6.07) is 0. The van der Waals surface area contributed by atoms with E-state index >= 15 is 0 Å². The number of Topliss-reactive ketones (excluding diaryl/α,β-unsaturated/α-hetero) is 1. The van der Waals surface area contributed by atoms with Gasteiger partial charge in [-0.25, -0.2) is 0 Å². The molecule has 0 aromatic heterocycles. The van der Waals surface area contributed by atoms with E-state index in [1.165, 1.54) is 76.2 Å². The normalized spacial score (nSPS) is 22.6. The van der Waals surface area contributed by atoms with Gasteiger partial charge in [-0.3, -0.25) is 4.79 Å². The Morgan fingerprint density at radius 3 is 1.79 bits per heavy atom. The lowest BCUT2D eigenvalue weighted by Gasteiger charge is -2.02. The molecule has 0 bridgehead atoms. The van der Waals surface area contributed by atoms with Gasteiger partial charge in [0.25, 0.3) is 0 Å². The van der Waals surface area contributed by atoms with Crippen LogP contribution in [0.1, 0.15) is 96.8 Å². The Morgan fingerprint density at radius 2 is 1.21 bits per heavy atom. The van der Waals surface area contributed by atoms with E-state index in [9.17, 15) is 4.79 Å². The molecule has 0 heterocycles. The van der Waals surface area contributed by atoms with Crippen LogP contribution in [0.2, 0.25) is 0 Å². The second-order valence-corrected chi connectivity index (χ2v) is 6.19. The second kappa shape index (κ2) is 11.3. The summed E-state index contributed by atoms with van der Waals surface area (Å²) in [4.78, 5) is 11.8. The smallest absolute Gasteiger partial charge is 0.136 e. The third-order valence-corrected chi connectivity index (χ3v) is 4.13. The van der Waals surface area contributed by atoms with E-state index in [1.54, 1.807) is 0 Å². The predicted octanol–water partition coefficient (Wildman–Crippen LogP) is 5.98. The number of hydrogen-bond donors (Lipinski definition) is 0. The first-order valence-corrected chi connectivity index (χ1v) is 8.46. The van der Waals surface area contributed by atoms with Gasteiger partial charge in [-0.15, -0.1) is 0 Å². The van der Waals surface area contributed by atoms with Crippen molar-refractivity contribution in [3.63, 3.8) is 0 Å². The highest BCUT2D eigenvalue weighted by Crippen LogP contribution is 2.15. The summed E-state index contributed by atoms with van der Waals surface area (Å²) < 4.78 is 0. The fourth-order valence-corrected chi connectivity index (χ4v) is 2.88. The van der Waals surface area contributed by atoms with Gasteiger partial charge in [0.05, 0.1) is 0 Å². The number of rotatable bonds is 0. The van der Waals surface area contributed by atoms with Gasteiger partial charge in [-0.05, 0) is 26.2 Å². The van der Waals surface area contributed by atoms with E-state index in [2.05, 4.69) is 13.0 Å². The number of ketones is 1. The van der Waals surface area contributed by atoms with Crippen LogP contribution >= 0.6 is 0 Å². The molecule has 0 amide bonds. The third-order valence-electron chi connectivity index (χ3n) is 4.13. The van der Waals surface area contributed by atoms with Crippen LogP contribution in [0, 0.1) is 0 Å². The van der Waals surface area contributed by atoms with Gasteiger partial charge in [0.1, 0.15) is 5.78 Å². The molecule has 0 saturated carbocycles. The van der Waals surface area contributed by atoms with Crippen LogP contribution in [0.3, 0.4) is 0 Å². The van der Waals surface area contributed by atoms with E-state index < -0.39 is 0 Å². The Hall–Kier alpha value is -0.590. The minimum Gasteiger partial charge on any atom is -0.299 e. The fraction of sp³-hybridized carbons (Fsp3) is 0.833. The molecule has 0 aromatic rings. The Kier molecular flexibility index (Phi) is 9.75.